The molecule has 1 atom stereocenters. The van der Waals surface area contributed by atoms with Crippen molar-refractivity contribution >= 4 is 15.9 Å². The van der Waals surface area contributed by atoms with Crippen LogP contribution >= 0.6 is 0 Å². The molecule has 2 aliphatic heterocycles. The lowest BCUT2D eigenvalue weighted by Gasteiger charge is -2.35. The molecule has 2 heterocycles. The molecule has 150 valence electrons. The number of hydrogen-bond donors (Lipinski definition) is 1. The zero-order valence-corrected chi connectivity index (χ0v) is 17.0. The largest absolute Gasteiger partial charge is 0.354 e. The fraction of sp³-hybridized carbons (Fsp3) is 0.650. The molecule has 1 amide bonds. The molecule has 0 saturated carbocycles. The second-order valence-corrected chi connectivity index (χ2v) is 9.69. The first-order valence-corrected chi connectivity index (χ1v) is 11.8. The van der Waals surface area contributed by atoms with E-state index in [1.54, 1.807) is 0 Å². The van der Waals surface area contributed by atoms with E-state index >= 15 is 0 Å². The van der Waals surface area contributed by atoms with Gasteiger partial charge in [0.2, 0.25) is 15.9 Å². The number of carbonyl (C=O) groups is 1. The van der Waals surface area contributed by atoms with Crippen LogP contribution in [0.25, 0.3) is 0 Å². The van der Waals surface area contributed by atoms with E-state index in [1.165, 1.54) is 35.4 Å². The summed E-state index contributed by atoms with van der Waals surface area (Å²) in [4.78, 5) is 15.2. The normalized spacial score (nSPS) is 21.7. The van der Waals surface area contributed by atoms with Crippen molar-refractivity contribution in [2.75, 3.05) is 39.0 Å². The summed E-state index contributed by atoms with van der Waals surface area (Å²) in [7, 11) is -3.16. The highest BCUT2D eigenvalue weighted by Gasteiger charge is 2.30. The van der Waals surface area contributed by atoms with Gasteiger partial charge in [0.05, 0.1) is 12.3 Å². The summed E-state index contributed by atoms with van der Waals surface area (Å²) in [5.41, 5.74) is 1.24. The van der Waals surface area contributed by atoms with Crippen LogP contribution in [0.15, 0.2) is 30.3 Å². The van der Waals surface area contributed by atoms with E-state index in [9.17, 15) is 13.2 Å². The van der Waals surface area contributed by atoms with Crippen LogP contribution < -0.4 is 5.32 Å². The van der Waals surface area contributed by atoms with Gasteiger partial charge < -0.3 is 5.32 Å². The molecule has 0 aromatic heterocycles. The monoisotopic (exact) mass is 393 g/mol. The van der Waals surface area contributed by atoms with Crippen molar-refractivity contribution in [3.8, 4) is 0 Å². The molecule has 0 aliphatic carbocycles. The Morgan fingerprint density at radius 3 is 2.30 bits per heavy atom. The molecule has 1 aromatic rings. The van der Waals surface area contributed by atoms with Crippen LogP contribution in [-0.4, -0.2) is 62.5 Å². The minimum absolute atomic E-state index is 0.0566. The average Bonchev–Trinajstić information content (AvgIpc) is 2.69. The van der Waals surface area contributed by atoms with Crippen molar-refractivity contribution in [1.29, 1.82) is 0 Å². The van der Waals surface area contributed by atoms with Crippen molar-refractivity contribution < 1.29 is 13.2 Å². The number of piperidine rings is 2. The number of rotatable bonds is 6. The Morgan fingerprint density at radius 1 is 1.07 bits per heavy atom. The van der Waals surface area contributed by atoms with Gasteiger partial charge in [0.1, 0.15) is 0 Å². The predicted octanol–water partition coefficient (Wildman–Crippen LogP) is 2.00. The Morgan fingerprint density at radius 2 is 1.70 bits per heavy atom. The Bertz CT molecular complexity index is 709. The van der Waals surface area contributed by atoms with Crippen molar-refractivity contribution in [3.05, 3.63) is 35.9 Å². The van der Waals surface area contributed by atoms with Crippen molar-refractivity contribution in [2.24, 2.45) is 5.92 Å². The van der Waals surface area contributed by atoms with Crippen LogP contribution in [0.4, 0.5) is 0 Å². The van der Waals surface area contributed by atoms with Gasteiger partial charge in [-0.15, -0.1) is 0 Å². The summed E-state index contributed by atoms with van der Waals surface area (Å²) in [6.45, 7) is 3.62. The van der Waals surface area contributed by atoms with Crippen LogP contribution in [-0.2, 0) is 14.8 Å². The molecule has 27 heavy (non-hydrogen) atoms. The highest BCUT2D eigenvalue weighted by molar-refractivity contribution is 7.88. The standard InChI is InChI=1S/C20H31N3O3S/c1-27(25,26)23-14-10-18(11-15-23)20(24)21-16-19(17-8-4-2-5-9-17)22-12-6-3-7-13-22/h2,4-5,8-9,18-19H,3,6-7,10-16H2,1H3,(H,21,24). The SMILES string of the molecule is CS(=O)(=O)N1CCC(C(=O)NCC(c2ccccc2)N2CCCCC2)CC1. The van der Waals surface area contributed by atoms with E-state index in [1.807, 2.05) is 6.07 Å². The molecule has 1 unspecified atom stereocenters. The summed E-state index contributed by atoms with van der Waals surface area (Å²) in [5, 5.41) is 3.15. The third-order valence-electron chi connectivity index (χ3n) is 5.78. The summed E-state index contributed by atoms with van der Waals surface area (Å²) < 4.78 is 24.7. The molecular formula is C20H31N3O3S. The van der Waals surface area contributed by atoms with Gasteiger partial charge in [0.15, 0.2) is 0 Å². The lowest BCUT2D eigenvalue weighted by molar-refractivity contribution is -0.126. The van der Waals surface area contributed by atoms with Crippen molar-refractivity contribution in [3.63, 3.8) is 0 Å². The van der Waals surface area contributed by atoms with Gasteiger partial charge in [-0.2, -0.15) is 0 Å². The fourth-order valence-electron chi connectivity index (χ4n) is 4.15. The molecule has 1 aromatic carbocycles. The molecule has 1 N–H and O–H groups in total. The van der Waals surface area contributed by atoms with Gasteiger partial charge in [0.25, 0.3) is 0 Å². The molecule has 3 rings (SSSR count). The topological polar surface area (TPSA) is 69.7 Å². The number of likely N-dealkylation sites (tertiary alicyclic amines) is 1. The number of sulfonamides is 1. The molecule has 2 fully saturated rings. The molecular weight excluding hydrogens is 362 g/mol. The smallest absolute Gasteiger partial charge is 0.223 e. The first-order valence-electron chi connectivity index (χ1n) is 9.97. The van der Waals surface area contributed by atoms with Crippen LogP contribution in [0.1, 0.15) is 43.7 Å². The van der Waals surface area contributed by atoms with Crippen molar-refractivity contribution in [1.82, 2.24) is 14.5 Å². The molecule has 6 nitrogen and oxygen atoms in total. The number of carbonyl (C=O) groups excluding carboxylic acids is 1. The number of nitrogens with one attached hydrogen (secondary N) is 1. The molecule has 0 spiro atoms. The molecule has 7 heteroatoms. The predicted molar refractivity (Wildman–Crippen MR) is 107 cm³/mol. The number of amides is 1. The maximum atomic E-state index is 12.7. The quantitative estimate of drug-likeness (QED) is 0.803. The molecule has 2 saturated heterocycles. The van der Waals surface area contributed by atoms with Crippen LogP contribution in [0.2, 0.25) is 0 Å². The maximum absolute atomic E-state index is 12.7. The van der Waals surface area contributed by atoms with Crippen LogP contribution in [0.5, 0.6) is 0 Å². The van der Waals surface area contributed by atoms with Crippen LogP contribution in [0.3, 0.4) is 0 Å². The second-order valence-electron chi connectivity index (χ2n) is 7.70. The number of hydrogen-bond acceptors (Lipinski definition) is 4. The zero-order chi connectivity index (χ0) is 19.3. The second kappa shape index (κ2) is 9.17. The van der Waals surface area contributed by atoms with Gasteiger partial charge in [-0.3, -0.25) is 9.69 Å². The highest BCUT2D eigenvalue weighted by Crippen LogP contribution is 2.25. The Kier molecular flexibility index (Phi) is 6.89. The minimum atomic E-state index is -3.16. The summed E-state index contributed by atoms with van der Waals surface area (Å²) in [6, 6.07) is 10.6. The van der Waals surface area contributed by atoms with Crippen LogP contribution in [0, 0.1) is 5.92 Å². The lowest BCUT2D eigenvalue weighted by atomic mass is 9.96. The summed E-state index contributed by atoms with van der Waals surface area (Å²) in [6.07, 6.45) is 6.12. The lowest BCUT2D eigenvalue weighted by Crippen LogP contribution is -2.45. The van der Waals surface area contributed by atoms with E-state index in [-0.39, 0.29) is 17.9 Å². The molecule has 2 aliphatic rings. The van der Waals surface area contributed by atoms with E-state index in [0.717, 1.165) is 13.1 Å². The van der Waals surface area contributed by atoms with E-state index in [2.05, 4.69) is 34.5 Å². The summed E-state index contributed by atoms with van der Waals surface area (Å²) >= 11 is 0. The number of benzene rings is 1. The van der Waals surface area contributed by atoms with Gasteiger partial charge in [0, 0.05) is 25.6 Å². The summed E-state index contributed by atoms with van der Waals surface area (Å²) in [5.74, 6) is -0.0399. The van der Waals surface area contributed by atoms with E-state index in [4.69, 9.17) is 0 Å². The minimum Gasteiger partial charge on any atom is -0.354 e. The third-order valence-corrected chi connectivity index (χ3v) is 7.08. The highest BCUT2D eigenvalue weighted by atomic mass is 32.2. The fourth-order valence-corrected chi connectivity index (χ4v) is 5.03. The van der Waals surface area contributed by atoms with Gasteiger partial charge in [-0.1, -0.05) is 36.8 Å². The van der Waals surface area contributed by atoms with Gasteiger partial charge in [-0.25, -0.2) is 12.7 Å². The molecule has 0 radical (unpaired) electrons. The Labute approximate surface area is 163 Å². The Hall–Kier alpha value is -1.44. The van der Waals surface area contributed by atoms with Gasteiger partial charge >= 0.3 is 0 Å². The van der Waals surface area contributed by atoms with E-state index < -0.39 is 10.0 Å². The van der Waals surface area contributed by atoms with Gasteiger partial charge in [-0.05, 0) is 44.3 Å². The first-order chi connectivity index (χ1) is 12.9. The first kappa shape index (κ1) is 20.3. The van der Waals surface area contributed by atoms with E-state index in [0.29, 0.717) is 32.5 Å². The Balaban J connectivity index is 1.58. The molecule has 0 bridgehead atoms. The van der Waals surface area contributed by atoms with Crippen molar-refractivity contribution in [2.45, 2.75) is 38.1 Å². The number of nitrogens with zero attached hydrogens (tertiary/aromatic N) is 2. The maximum Gasteiger partial charge on any atom is 0.223 e. The third kappa shape index (κ3) is 5.53. The zero-order valence-electron chi connectivity index (χ0n) is 16.1. The average molecular weight is 394 g/mol.